The van der Waals surface area contributed by atoms with E-state index in [2.05, 4.69) is 16.2 Å². The van der Waals surface area contributed by atoms with Crippen molar-refractivity contribution >= 4 is 39.8 Å². The van der Waals surface area contributed by atoms with E-state index in [1.165, 1.54) is 5.56 Å². The number of benzene rings is 2. The number of hydrazine groups is 1. The van der Waals surface area contributed by atoms with Crippen LogP contribution < -0.4 is 16.2 Å². The first-order valence-corrected chi connectivity index (χ1v) is 7.99. The summed E-state index contributed by atoms with van der Waals surface area (Å²) in [6, 6.07) is 17.7. The van der Waals surface area contributed by atoms with Gasteiger partial charge in [-0.15, -0.1) is 0 Å². The Morgan fingerprint density at radius 1 is 1.04 bits per heavy atom. The second-order valence-corrected chi connectivity index (χ2v) is 5.90. The van der Waals surface area contributed by atoms with Crippen LogP contribution in [0, 0.1) is 6.92 Å². The number of aryl methyl sites for hydroxylation is 1. The van der Waals surface area contributed by atoms with Crippen molar-refractivity contribution in [3.8, 4) is 0 Å². The molecule has 1 amide bonds. The number of aromatic nitrogens is 1. The molecule has 3 N–H and O–H groups in total. The average Bonchev–Trinajstić information content (AvgIpc) is 2.98. The molecule has 6 heteroatoms. The van der Waals surface area contributed by atoms with Gasteiger partial charge in [-0.05, 0) is 48.8 Å². The number of amides is 1. The maximum atomic E-state index is 12.1. The number of fused-ring (bicyclic) bond motifs is 1. The summed E-state index contributed by atoms with van der Waals surface area (Å²) in [6.07, 6.45) is 1.90. The van der Waals surface area contributed by atoms with E-state index in [1.807, 2.05) is 72.3 Å². The zero-order valence-corrected chi connectivity index (χ0v) is 14.1. The van der Waals surface area contributed by atoms with Crippen LogP contribution in [0.5, 0.6) is 0 Å². The fourth-order valence-electron chi connectivity index (χ4n) is 2.40. The van der Waals surface area contributed by atoms with Crippen molar-refractivity contribution in [3.63, 3.8) is 0 Å². The van der Waals surface area contributed by atoms with Gasteiger partial charge in [0.2, 0.25) is 0 Å². The van der Waals surface area contributed by atoms with E-state index in [0.717, 1.165) is 16.6 Å². The topological polar surface area (TPSA) is 58.1 Å². The summed E-state index contributed by atoms with van der Waals surface area (Å²) < 4.78 is 1.89. The summed E-state index contributed by atoms with van der Waals surface area (Å²) in [4.78, 5) is 12.1. The minimum absolute atomic E-state index is 0.176. The average molecular weight is 338 g/mol. The van der Waals surface area contributed by atoms with Crippen molar-refractivity contribution in [2.45, 2.75) is 13.5 Å². The molecule has 24 heavy (non-hydrogen) atoms. The highest BCUT2D eigenvalue weighted by atomic mass is 32.1. The molecule has 0 unspecified atom stereocenters. The van der Waals surface area contributed by atoms with Crippen LogP contribution in [-0.4, -0.2) is 15.6 Å². The van der Waals surface area contributed by atoms with Crippen molar-refractivity contribution in [1.29, 1.82) is 0 Å². The molecule has 3 aromatic rings. The molecule has 1 heterocycles. The van der Waals surface area contributed by atoms with E-state index < -0.39 is 0 Å². The zero-order chi connectivity index (χ0) is 16.9. The van der Waals surface area contributed by atoms with Crippen LogP contribution in [0.25, 0.3) is 10.9 Å². The van der Waals surface area contributed by atoms with Crippen LogP contribution in [-0.2, 0) is 11.3 Å². The van der Waals surface area contributed by atoms with Crippen LogP contribution in [0.1, 0.15) is 5.56 Å². The molecule has 0 aliphatic rings. The summed E-state index contributed by atoms with van der Waals surface area (Å²) in [5, 5.41) is 4.46. The van der Waals surface area contributed by atoms with E-state index in [1.54, 1.807) is 0 Å². The van der Waals surface area contributed by atoms with Crippen molar-refractivity contribution in [2.24, 2.45) is 0 Å². The van der Waals surface area contributed by atoms with E-state index >= 15 is 0 Å². The van der Waals surface area contributed by atoms with Crippen LogP contribution in [0.3, 0.4) is 0 Å². The molecular formula is C18H18N4OS. The van der Waals surface area contributed by atoms with Gasteiger partial charge in [-0.2, -0.15) is 0 Å². The van der Waals surface area contributed by atoms with Crippen molar-refractivity contribution in [1.82, 2.24) is 15.4 Å². The Labute approximate surface area is 145 Å². The van der Waals surface area contributed by atoms with Crippen LogP contribution in [0.15, 0.2) is 60.8 Å². The van der Waals surface area contributed by atoms with Crippen LogP contribution in [0.4, 0.5) is 5.69 Å². The molecule has 0 aliphatic carbocycles. The molecule has 5 nitrogen and oxygen atoms in total. The largest absolute Gasteiger partial charge is 0.338 e. The molecule has 0 saturated carbocycles. The monoisotopic (exact) mass is 338 g/mol. The van der Waals surface area contributed by atoms with Gasteiger partial charge < -0.3 is 9.88 Å². The first-order valence-electron chi connectivity index (χ1n) is 7.58. The van der Waals surface area contributed by atoms with Crippen molar-refractivity contribution in [3.05, 3.63) is 66.4 Å². The van der Waals surface area contributed by atoms with Gasteiger partial charge in [0, 0.05) is 17.4 Å². The Bertz CT molecular complexity index is 870. The molecule has 0 bridgehead atoms. The number of anilines is 1. The second kappa shape index (κ2) is 7.14. The van der Waals surface area contributed by atoms with Gasteiger partial charge in [0.1, 0.15) is 6.54 Å². The van der Waals surface area contributed by atoms with Gasteiger partial charge in [-0.1, -0.05) is 35.9 Å². The number of hydrogen-bond donors (Lipinski definition) is 3. The summed E-state index contributed by atoms with van der Waals surface area (Å²) >= 11 is 5.17. The van der Waals surface area contributed by atoms with Gasteiger partial charge in [0.05, 0.1) is 0 Å². The van der Waals surface area contributed by atoms with Gasteiger partial charge in [-0.25, -0.2) is 0 Å². The third-order valence-electron chi connectivity index (χ3n) is 3.62. The molecular weight excluding hydrogens is 320 g/mol. The molecule has 3 rings (SSSR count). The Hall–Kier alpha value is -2.86. The lowest BCUT2D eigenvalue weighted by molar-refractivity contribution is -0.122. The lowest BCUT2D eigenvalue weighted by atomic mass is 10.2. The molecule has 0 spiro atoms. The highest BCUT2D eigenvalue weighted by Crippen LogP contribution is 2.14. The molecule has 2 aromatic carbocycles. The minimum Gasteiger partial charge on any atom is -0.338 e. The van der Waals surface area contributed by atoms with E-state index in [0.29, 0.717) is 5.11 Å². The smallest absolute Gasteiger partial charge is 0.258 e. The lowest BCUT2D eigenvalue weighted by Crippen LogP contribution is -2.45. The van der Waals surface area contributed by atoms with Gasteiger partial charge in [0.25, 0.3) is 5.91 Å². The number of carbonyl (C=O) groups is 1. The van der Waals surface area contributed by atoms with Gasteiger partial charge in [-0.3, -0.25) is 15.6 Å². The Morgan fingerprint density at radius 2 is 1.79 bits per heavy atom. The van der Waals surface area contributed by atoms with Gasteiger partial charge in [0.15, 0.2) is 5.11 Å². The zero-order valence-electron chi connectivity index (χ0n) is 13.2. The lowest BCUT2D eigenvalue weighted by Gasteiger charge is -2.12. The van der Waals surface area contributed by atoms with Crippen LogP contribution in [0.2, 0.25) is 0 Å². The fraction of sp³-hybridized carbons (Fsp3) is 0.111. The number of carbonyl (C=O) groups excluding carboxylic acids is 1. The number of nitrogens with zero attached hydrogens (tertiary/aromatic N) is 1. The first-order chi connectivity index (χ1) is 11.6. The molecule has 0 atom stereocenters. The molecule has 0 saturated heterocycles. The normalized spacial score (nSPS) is 10.4. The summed E-state index contributed by atoms with van der Waals surface area (Å²) in [6.45, 7) is 2.24. The van der Waals surface area contributed by atoms with Crippen LogP contribution >= 0.6 is 12.2 Å². The van der Waals surface area contributed by atoms with Gasteiger partial charge >= 0.3 is 0 Å². The molecule has 0 aliphatic heterocycles. The predicted molar refractivity (Wildman–Crippen MR) is 101 cm³/mol. The number of hydrogen-bond acceptors (Lipinski definition) is 2. The number of para-hydroxylation sites is 1. The molecule has 1 aromatic heterocycles. The number of rotatable bonds is 3. The number of thiocarbonyl (C=S) groups is 1. The SMILES string of the molecule is Cc1ccc(NC(=S)NNC(=O)Cn2ccc3ccccc32)cc1. The fourth-order valence-corrected chi connectivity index (χ4v) is 2.57. The standard InChI is InChI=1S/C18H18N4OS/c1-13-6-8-15(9-7-13)19-18(24)21-20-17(23)12-22-11-10-14-4-2-3-5-16(14)22/h2-11H,12H2,1H3,(H,20,23)(H2,19,21,24). The van der Waals surface area contributed by atoms with E-state index in [9.17, 15) is 4.79 Å². The molecule has 122 valence electrons. The summed E-state index contributed by atoms with van der Waals surface area (Å²) in [7, 11) is 0. The molecule has 0 radical (unpaired) electrons. The van der Waals surface area contributed by atoms with E-state index in [-0.39, 0.29) is 12.5 Å². The Morgan fingerprint density at radius 3 is 2.58 bits per heavy atom. The number of nitrogens with one attached hydrogen (secondary N) is 3. The maximum absolute atomic E-state index is 12.1. The Balaban J connectivity index is 1.52. The highest BCUT2D eigenvalue weighted by molar-refractivity contribution is 7.80. The van der Waals surface area contributed by atoms with E-state index in [4.69, 9.17) is 12.2 Å². The minimum atomic E-state index is -0.176. The summed E-state index contributed by atoms with van der Waals surface area (Å²) in [5.74, 6) is -0.176. The third kappa shape index (κ3) is 3.91. The van der Waals surface area contributed by atoms with Crippen molar-refractivity contribution in [2.75, 3.05) is 5.32 Å². The quantitative estimate of drug-likeness (QED) is 0.508. The summed E-state index contributed by atoms with van der Waals surface area (Å²) in [5.41, 5.74) is 8.38. The first kappa shape index (κ1) is 16.0. The second-order valence-electron chi connectivity index (χ2n) is 5.50. The predicted octanol–water partition coefficient (Wildman–Crippen LogP) is 2.97. The maximum Gasteiger partial charge on any atom is 0.258 e. The highest BCUT2D eigenvalue weighted by Gasteiger charge is 2.06. The molecule has 0 fully saturated rings. The Kier molecular flexibility index (Phi) is 4.77. The van der Waals surface area contributed by atoms with Crippen molar-refractivity contribution < 1.29 is 4.79 Å². The third-order valence-corrected chi connectivity index (χ3v) is 3.82.